The second kappa shape index (κ2) is 10.3. The molecule has 0 aromatic heterocycles. The van der Waals surface area contributed by atoms with E-state index in [2.05, 4.69) is 41.5 Å². The predicted molar refractivity (Wildman–Crippen MR) is 145 cm³/mol. The summed E-state index contributed by atoms with van der Waals surface area (Å²) in [5, 5.41) is 31.1. The topological polar surface area (TPSA) is 116 Å². The first-order valence-electron chi connectivity index (χ1n) is 11.8. The molecular weight excluding hydrogens is 448 g/mol. The SMILES string of the molecule is CC(C)(C)c1ccc(C(=N)OC(=N)c2cccc(C(=N)OC(=[NH2+])c3ccc(C(C)(C)C)cc3)c2)cc1. The highest BCUT2D eigenvalue weighted by Gasteiger charge is 2.18. The van der Waals surface area contributed by atoms with Crippen molar-refractivity contribution in [2.75, 3.05) is 0 Å². The molecule has 36 heavy (non-hydrogen) atoms. The maximum atomic E-state index is 8.36. The molecular formula is C30H35N4O2+. The van der Waals surface area contributed by atoms with Gasteiger partial charge in [0.25, 0.3) is 0 Å². The minimum atomic E-state index is -0.190. The Labute approximate surface area is 213 Å². The molecule has 3 aromatic rings. The van der Waals surface area contributed by atoms with E-state index in [-0.39, 0.29) is 34.4 Å². The number of nitrogens with one attached hydrogen (secondary N) is 3. The van der Waals surface area contributed by atoms with Gasteiger partial charge in [-0.2, -0.15) is 0 Å². The summed E-state index contributed by atoms with van der Waals surface area (Å²) in [6.45, 7) is 12.8. The number of nitrogens with two attached hydrogens (primary N) is 1. The minimum Gasteiger partial charge on any atom is -0.421 e. The number of hydrogen-bond donors (Lipinski definition) is 4. The summed E-state index contributed by atoms with van der Waals surface area (Å²) in [6.07, 6.45) is 0. The minimum absolute atomic E-state index is 0.0119. The maximum Gasteiger partial charge on any atom is 0.373 e. The van der Waals surface area contributed by atoms with Crippen molar-refractivity contribution in [1.82, 2.24) is 0 Å². The Morgan fingerprint density at radius 3 is 1.39 bits per heavy atom. The lowest BCUT2D eigenvalue weighted by Crippen LogP contribution is -2.43. The van der Waals surface area contributed by atoms with Gasteiger partial charge in [0.2, 0.25) is 17.7 Å². The highest BCUT2D eigenvalue weighted by Crippen LogP contribution is 2.23. The van der Waals surface area contributed by atoms with Crippen molar-refractivity contribution in [1.29, 1.82) is 16.2 Å². The van der Waals surface area contributed by atoms with Crippen molar-refractivity contribution in [3.8, 4) is 0 Å². The summed E-state index contributed by atoms with van der Waals surface area (Å²) in [5.74, 6) is -0.328. The van der Waals surface area contributed by atoms with E-state index < -0.39 is 0 Å². The van der Waals surface area contributed by atoms with Gasteiger partial charge in [-0.1, -0.05) is 71.9 Å². The molecule has 0 radical (unpaired) electrons. The highest BCUT2D eigenvalue weighted by atomic mass is 16.5. The van der Waals surface area contributed by atoms with E-state index in [1.807, 2.05) is 48.5 Å². The van der Waals surface area contributed by atoms with Crippen LogP contribution in [0.25, 0.3) is 0 Å². The van der Waals surface area contributed by atoms with Gasteiger partial charge in [-0.3, -0.25) is 16.2 Å². The van der Waals surface area contributed by atoms with Gasteiger partial charge in [0.15, 0.2) is 0 Å². The monoisotopic (exact) mass is 483 g/mol. The highest BCUT2D eigenvalue weighted by molar-refractivity contribution is 6.07. The average Bonchev–Trinajstić information content (AvgIpc) is 2.83. The maximum absolute atomic E-state index is 8.36. The lowest BCUT2D eigenvalue weighted by Gasteiger charge is -2.19. The van der Waals surface area contributed by atoms with Crippen molar-refractivity contribution < 1.29 is 14.9 Å². The molecule has 6 heteroatoms. The van der Waals surface area contributed by atoms with Crippen LogP contribution in [0.15, 0.2) is 72.8 Å². The second-order valence-electron chi connectivity index (χ2n) is 10.8. The molecule has 0 heterocycles. The Kier molecular flexibility index (Phi) is 7.58. The number of rotatable bonds is 4. The first kappa shape index (κ1) is 26.5. The first-order valence-corrected chi connectivity index (χ1v) is 11.8. The van der Waals surface area contributed by atoms with Crippen LogP contribution in [-0.2, 0) is 20.3 Å². The molecule has 0 amide bonds. The van der Waals surface area contributed by atoms with Crippen LogP contribution < -0.4 is 5.41 Å². The van der Waals surface area contributed by atoms with Crippen molar-refractivity contribution in [2.24, 2.45) is 0 Å². The standard InChI is InChI=1S/C30H34N4O2/c1-29(2,3)23-14-10-19(11-15-23)25(31)35-27(33)21-8-7-9-22(18-21)28(34)36-26(32)20-12-16-24(17-13-20)30(4,5)6/h7-18,31-34H,1-6H3/p+1. The fourth-order valence-electron chi connectivity index (χ4n) is 3.51. The van der Waals surface area contributed by atoms with E-state index in [1.165, 1.54) is 5.56 Å². The molecule has 0 saturated carbocycles. The van der Waals surface area contributed by atoms with Crippen LogP contribution in [0, 0.1) is 16.2 Å². The van der Waals surface area contributed by atoms with Gasteiger partial charge in [0.1, 0.15) is 0 Å². The molecule has 0 atom stereocenters. The number of benzene rings is 3. The van der Waals surface area contributed by atoms with E-state index in [1.54, 1.807) is 24.3 Å². The Morgan fingerprint density at radius 1 is 0.556 bits per heavy atom. The molecule has 0 aliphatic rings. The van der Waals surface area contributed by atoms with Gasteiger partial charge in [-0.15, -0.1) is 0 Å². The van der Waals surface area contributed by atoms with Gasteiger partial charge in [-0.25, -0.2) is 5.41 Å². The van der Waals surface area contributed by atoms with Gasteiger partial charge >= 0.3 is 5.90 Å². The Balaban J connectivity index is 1.66. The van der Waals surface area contributed by atoms with Gasteiger partial charge in [0.05, 0.1) is 5.56 Å². The third kappa shape index (κ3) is 6.54. The predicted octanol–water partition coefficient (Wildman–Crippen LogP) is 5.20. The third-order valence-electron chi connectivity index (χ3n) is 5.85. The van der Waals surface area contributed by atoms with Gasteiger partial charge in [0, 0.05) is 16.7 Å². The molecule has 0 aliphatic heterocycles. The van der Waals surface area contributed by atoms with E-state index in [4.69, 9.17) is 31.1 Å². The average molecular weight is 484 g/mol. The lowest BCUT2D eigenvalue weighted by molar-refractivity contribution is -0.130. The zero-order valence-electron chi connectivity index (χ0n) is 21.8. The quantitative estimate of drug-likeness (QED) is 0.302. The van der Waals surface area contributed by atoms with Crippen molar-refractivity contribution in [2.45, 2.75) is 52.4 Å². The molecule has 0 unspecified atom stereocenters. The summed E-state index contributed by atoms with van der Waals surface area (Å²) >= 11 is 0. The van der Waals surface area contributed by atoms with Gasteiger partial charge < -0.3 is 9.47 Å². The Bertz CT molecular complexity index is 1190. The summed E-state index contributed by atoms with van der Waals surface area (Å²) in [4.78, 5) is 0. The molecule has 5 N–H and O–H groups in total. The number of hydrogen-bond acceptors (Lipinski definition) is 5. The Morgan fingerprint density at radius 2 is 0.944 bits per heavy atom. The molecule has 6 nitrogen and oxygen atoms in total. The Hall–Kier alpha value is -4.06. The van der Waals surface area contributed by atoms with E-state index in [9.17, 15) is 0 Å². The smallest absolute Gasteiger partial charge is 0.373 e. The molecule has 0 aliphatic carbocycles. The van der Waals surface area contributed by atoms with E-state index in [0.29, 0.717) is 22.3 Å². The van der Waals surface area contributed by atoms with Crippen LogP contribution in [0.3, 0.4) is 0 Å². The van der Waals surface area contributed by atoms with Crippen LogP contribution in [0.4, 0.5) is 0 Å². The number of ether oxygens (including phenoxy) is 2. The van der Waals surface area contributed by atoms with E-state index >= 15 is 0 Å². The summed E-state index contributed by atoms with van der Waals surface area (Å²) < 4.78 is 11.1. The molecule has 0 bridgehead atoms. The van der Waals surface area contributed by atoms with Crippen LogP contribution in [-0.4, -0.2) is 23.6 Å². The fraction of sp³-hybridized carbons (Fsp3) is 0.267. The van der Waals surface area contributed by atoms with E-state index in [0.717, 1.165) is 5.56 Å². The van der Waals surface area contributed by atoms with Gasteiger partial charge in [-0.05, 0) is 64.4 Å². The fourth-order valence-corrected chi connectivity index (χ4v) is 3.51. The molecule has 0 saturated heterocycles. The molecule has 0 fully saturated rings. The normalized spacial score (nSPS) is 11.5. The summed E-state index contributed by atoms with van der Waals surface area (Å²) in [7, 11) is 0. The van der Waals surface area contributed by atoms with Crippen LogP contribution in [0.5, 0.6) is 0 Å². The molecule has 0 spiro atoms. The molecule has 3 aromatic carbocycles. The van der Waals surface area contributed by atoms with Crippen LogP contribution in [0.2, 0.25) is 0 Å². The third-order valence-corrected chi connectivity index (χ3v) is 5.85. The van der Waals surface area contributed by atoms with Crippen LogP contribution in [0.1, 0.15) is 74.9 Å². The van der Waals surface area contributed by atoms with Crippen molar-refractivity contribution in [3.05, 3.63) is 106 Å². The lowest BCUT2D eigenvalue weighted by atomic mass is 9.87. The molecule has 3 rings (SSSR count). The second-order valence-corrected chi connectivity index (χ2v) is 10.8. The largest absolute Gasteiger partial charge is 0.421 e. The summed E-state index contributed by atoms with van der Waals surface area (Å²) in [6, 6.07) is 22.0. The molecule has 186 valence electrons. The first-order chi connectivity index (χ1) is 16.8. The van der Waals surface area contributed by atoms with Crippen molar-refractivity contribution >= 4 is 23.6 Å². The van der Waals surface area contributed by atoms with Crippen LogP contribution >= 0.6 is 0 Å². The van der Waals surface area contributed by atoms with Crippen molar-refractivity contribution in [3.63, 3.8) is 0 Å². The summed E-state index contributed by atoms with van der Waals surface area (Å²) in [5.41, 5.74) is 4.50. The zero-order chi connectivity index (χ0) is 26.7. The zero-order valence-corrected chi connectivity index (χ0v) is 21.8.